The highest BCUT2D eigenvalue weighted by Gasteiger charge is 2.37. The maximum absolute atomic E-state index is 12.8. The van der Waals surface area contributed by atoms with Gasteiger partial charge in [0.15, 0.2) is 6.73 Å². The summed E-state index contributed by atoms with van der Waals surface area (Å²) >= 11 is 1.14. The van der Waals surface area contributed by atoms with Crippen molar-refractivity contribution in [3.63, 3.8) is 0 Å². The van der Waals surface area contributed by atoms with Crippen LogP contribution in [0.1, 0.15) is 51.8 Å². The van der Waals surface area contributed by atoms with Gasteiger partial charge in [0.2, 0.25) is 0 Å². The van der Waals surface area contributed by atoms with E-state index in [1.54, 1.807) is 66.7 Å². The molecular formula is C25H16N2O6S. The van der Waals surface area contributed by atoms with Crippen molar-refractivity contribution in [2.24, 2.45) is 0 Å². The monoisotopic (exact) mass is 472 g/mol. The highest BCUT2D eigenvalue weighted by molar-refractivity contribution is 7.99. The number of carbonyl (C=O) groups excluding carboxylic acids is 5. The lowest BCUT2D eigenvalue weighted by molar-refractivity contribution is 0.0225. The smallest absolute Gasteiger partial charge is 0.341 e. The lowest BCUT2D eigenvalue weighted by Gasteiger charge is -2.16. The van der Waals surface area contributed by atoms with E-state index < -0.39 is 36.3 Å². The standard InChI is InChI=1S/C25H16N2O6S/c28-21-15-7-1-2-8-16(15)22(29)26(21)13-33-25(32)19-11-5-6-12-20(19)34-14-27-23(30)17-9-3-4-10-18(17)24(27)31/h1-12H,13-14H2. The van der Waals surface area contributed by atoms with Crippen molar-refractivity contribution in [2.75, 3.05) is 12.6 Å². The van der Waals surface area contributed by atoms with Gasteiger partial charge in [0.25, 0.3) is 23.6 Å². The van der Waals surface area contributed by atoms with Crippen molar-refractivity contribution in [3.05, 3.63) is 101 Å². The van der Waals surface area contributed by atoms with E-state index in [0.717, 1.165) is 21.6 Å². The van der Waals surface area contributed by atoms with Crippen molar-refractivity contribution in [1.82, 2.24) is 9.80 Å². The number of fused-ring (bicyclic) bond motifs is 2. The summed E-state index contributed by atoms with van der Waals surface area (Å²) in [4.78, 5) is 65.4. The molecule has 0 atom stereocenters. The molecule has 2 aliphatic rings. The third-order valence-corrected chi connectivity index (χ3v) is 6.59. The molecule has 34 heavy (non-hydrogen) atoms. The summed E-state index contributed by atoms with van der Waals surface area (Å²) < 4.78 is 5.27. The molecule has 0 spiro atoms. The van der Waals surface area contributed by atoms with E-state index in [4.69, 9.17) is 4.74 Å². The number of rotatable bonds is 6. The highest BCUT2D eigenvalue weighted by Crippen LogP contribution is 2.29. The van der Waals surface area contributed by atoms with Gasteiger partial charge in [-0.25, -0.2) is 9.69 Å². The molecule has 4 amide bonds. The number of benzene rings is 3. The lowest BCUT2D eigenvalue weighted by atomic mass is 10.1. The molecule has 0 unspecified atom stereocenters. The van der Waals surface area contributed by atoms with E-state index in [1.165, 1.54) is 6.07 Å². The molecule has 2 heterocycles. The van der Waals surface area contributed by atoms with Gasteiger partial charge in [0.1, 0.15) is 0 Å². The largest absolute Gasteiger partial charge is 0.440 e. The third-order valence-electron chi connectivity index (χ3n) is 5.54. The maximum atomic E-state index is 12.8. The number of nitrogens with zero attached hydrogens (tertiary/aromatic N) is 2. The van der Waals surface area contributed by atoms with Crippen LogP contribution in [-0.2, 0) is 4.74 Å². The summed E-state index contributed by atoms with van der Waals surface area (Å²) in [5.41, 5.74) is 1.42. The number of amides is 4. The molecule has 0 N–H and O–H groups in total. The van der Waals surface area contributed by atoms with E-state index in [9.17, 15) is 24.0 Å². The summed E-state index contributed by atoms with van der Waals surface area (Å²) in [7, 11) is 0. The van der Waals surface area contributed by atoms with Gasteiger partial charge in [-0.1, -0.05) is 36.4 Å². The molecular weight excluding hydrogens is 456 g/mol. The fourth-order valence-electron chi connectivity index (χ4n) is 3.81. The summed E-state index contributed by atoms with van der Waals surface area (Å²) in [6.07, 6.45) is 0. The second-order valence-electron chi connectivity index (χ2n) is 7.50. The van der Waals surface area contributed by atoms with Crippen LogP contribution in [0, 0.1) is 0 Å². The molecule has 5 rings (SSSR count). The Morgan fingerprint density at radius 1 is 0.647 bits per heavy atom. The first-order valence-electron chi connectivity index (χ1n) is 10.3. The SMILES string of the molecule is O=C(OCN1C(=O)c2ccccc2C1=O)c1ccccc1SCN1C(=O)c2ccccc2C1=O. The minimum absolute atomic E-state index is 0.00897. The van der Waals surface area contributed by atoms with Crippen LogP contribution in [0.3, 0.4) is 0 Å². The van der Waals surface area contributed by atoms with Crippen LogP contribution in [0.2, 0.25) is 0 Å². The summed E-state index contributed by atoms with van der Waals surface area (Å²) in [6.45, 7) is -0.525. The van der Waals surface area contributed by atoms with Gasteiger partial charge in [0.05, 0.1) is 33.7 Å². The number of carbonyl (C=O) groups is 5. The molecule has 168 valence electrons. The zero-order valence-corrected chi connectivity index (χ0v) is 18.4. The molecule has 8 nitrogen and oxygen atoms in total. The number of hydrogen-bond acceptors (Lipinski definition) is 7. The Morgan fingerprint density at radius 2 is 1.09 bits per heavy atom. The Kier molecular flexibility index (Phi) is 5.46. The molecule has 3 aromatic carbocycles. The molecule has 0 fully saturated rings. The fraction of sp³-hybridized carbons (Fsp3) is 0.0800. The molecule has 2 aliphatic heterocycles. The van der Waals surface area contributed by atoms with Crippen molar-refractivity contribution in [1.29, 1.82) is 0 Å². The first-order valence-corrected chi connectivity index (χ1v) is 11.3. The summed E-state index contributed by atoms with van der Waals surface area (Å²) in [5, 5.41) is 0. The highest BCUT2D eigenvalue weighted by atomic mass is 32.2. The predicted molar refractivity (Wildman–Crippen MR) is 121 cm³/mol. The number of hydrogen-bond donors (Lipinski definition) is 0. The van der Waals surface area contributed by atoms with Crippen molar-refractivity contribution in [3.8, 4) is 0 Å². The molecule has 0 radical (unpaired) electrons. The van der Waals surface area contributed by atoms with Crippen LogP contribution in [-0.4, -0.2) is 52.0 Å². The lowest BCUT2D eigenvalue weighted by Crippen LogP contribution is -2.33. The van der Waals surface area contributed by atoms with E-state index >= 15 is 0 Å². The van der Waals surface area contributed by atoms with Crippen LogP contribution in [0.4, 0.5) is 0 Å². The second-order valence-corrected chi connectivity index (χ2v) is 8.49. The fourth-order valence-corrected chi connectivity index (χ4v) is 4.79. The molecule has 0 aliphatic carbocycles. The number of thioether (sulfide) groups is 1. The minimum atomic E-state index is -0.734. The van der Waals surface area contributed by atoms with Gasteiger partial charge in [-0.3, -0.25) is 24.1 Å². The second kappa shape index (κ2) is 8.60. The number of ether oxygens (including phenoxy) is 1. The van der Waals surface area contributed by atoms with Crippen LogP contribution >= 0.6 is 11.8 Å². The quantitative estimate of drug-likeness (QED) is 0.308. The van der Waals surface area contributed by atoms with Gasteiger partial charge in [-0.2, -0.15) is 0 Å². The average Bonchev–Trinajstić information content (AvgIpc) is 3.26. The molecule has 0 saturated heterocycles. The van der Waals surface area contributed by atoms with E-state index in [2.05, 4.69) is 0 Å². The number of imide groups is 2. The van der Waals surface area contributed by atoms with Crippen LogP contribution in [0.5, 0.6) is 0 Å². The van der Waals surface area contributed by atoms with Crippen molar-refractivity contribution >= 4 is 41.4 Å². The third kappa shape index (κ3) is 3.56. The average molecular weight is 472 g/mol. The summed E-state index contributed by atoms with van der Waals surface area (Å²) in [5.74, 6) is -2.56. The zero-order chi connectivity index (χ0) is 23.8. The number of esters is 1. The molecule has 0 saturated carbocycles. The van der Waals surface area contributed by atoms with Gasteiger partial charge in [0, 0.05) is 4.90 Å². The topological polar surface area (TPSA) is 101 Å². The Morgan fingerprint density at radius 3 is 1.62 bits per heavy atom. The summed E-state index contributed by atoms with van der Waals surface area (Å²) in [6, 6.07) is 19.6. The van der Waals surface area contributed by atoms with Crippen molar-refractivity contribution < 1.29 is 28.7 Å². The zero-order valence-electron chi connectivity index (χ0n) is 17.6. The molecule has 0 bridgehead atoms. The Bertz CT molecular complexity index is 1320. The first kappa shape index (κ1) is 21.6. The Balaban J connectivity index is 1.26. The maximum Gasteiger partial charge on any atom is 0.341 e. The minimum Gasteiger partial charge on any atom is -0.440 e. The van der Waals surface area contributed by atoms with Crippen molar-refractivity contribution in [2.45, 2.75) is 4.90 Å². The van der Waals surface area contributed by atoms with Crippen LogP contribution < -0.4 is 0 Å². The first-order chi connectivity index (χ1) is 16.5. The van der Waals surface area contributed by atoms with E-state index in [-0.39, 0.29) is 22.6 Å². The van der Waals surface area contributed by atoms with E-state index in [0.29, 0.717) is 16.0 Å². The van der Waals surface area contributed by atoms with Gasteiger partial charge < -0.3 is 4.74 Å². The molecule has 9 heteroatoms. The predicted octanol–water partition coefficient (Wildman–Crippen LogP) is 3.44. The Labute approximate surface area is 198 Å². The normalized spacial score (nSPS) is 14.5. The van der Waals surface area contributed by atoms with Gasteiger partial charge >= 0.3 is 5.97 Å². The van der Waals surface area contributed by atoms with E-state index in [1.807, 2.05) is 0 Å². The van der Waals surface area contributed by atoms with Gasteiger partial charge in [-0.15, -0.1) is 11.8 Å². The molecule has 3 aromatic rings. The Hall–Kier alpha value is -4.24. The molecule has 0 aromatic heterocycles. The van der Waals surface area contributed by atoms with Crippen LogP contribution in [0.15, 0.2) is 77.7 Å². The van der Waals surface area contributed by atoms with Crippen LogP contribution in [0.25, 0.3) is 0 Å². The van der Waals surface area contributed by atoms with Gasteiger partial charge in [-0.05, 0) is 36.4 Å².